The van der Waals surface area contributed by atoms with Crippen molar-refractivity contribution in [2.45, 2.75) is 13.8 Å². The highest BCUT2D eigenvalue weighted by atomic mass is 19.1. The molecule has 0 spiro atoms. The van der Waals surface area contributed by atoms with Gasteiger partial charge in [-0.1, -0.05) is 0 Å². The number of benzene rings is 1. The van der Waals surface area contributed by atoms with Crippen molar-refractivity contribution in [3.05, 3.63) is 71.4 Å². The fraction of sp³-hybridized carbons (Fsp3) is 0.111. The Morgan fingerprint density at radius 3 is 2.36 bits per heavy atom. The normalized spacial score (nSPS) is 10.6. The lowest BCUT2D eigenvalue weighted by Crippen LogP contribution is -2.16. The second-order valence-corrected chi connectivity index (χ2v) is 5.52. The Labute approximate surface area is 142 Å². The van der Waals surface area contributed by atoms with E-state index in [0.29, 0.717) is 11.4 Å². The molecule has 126 valence electrons. The number of hydrogen-bond acceptors (Lipinski definition) is 4. The summed E-state index contributed by atoms with van der Waals surface area (Å²) in [7, 11) is 0. The molecule has 1 N–H and O–H groups in total. The number of nitrogens with zero attached hydrogens (tertiary/aromatic N) is 3. The van der Waals surface area contributed by atoms with E-state index in [1.54, 1.807) is 38.2 Å². The van der Waals surface area contributed by atoms with Crippen LogP contribution in [0.3, 0.4) is 0 Å². The van der Waals surface area contributed by atoms with E-state index in [2.05, 4.69) is 20.3 Å². The molecule has 2 heterocycles. The molecule has 0 saturated heterocycles. The Kier molecular flexibility index (Phi) is 4.47. The predicted molar refractivity (Wildman–Crippen MR) is 89.0 cm³/mol. The number of anilines is 1. The van der Waals surface area contributed by atoms with Crippen LogP contribution in [0.2, 0.25) is 0 Å². The molecule has 3 aromatic rings. The number of aryl methyl sites for hydroxylation is 2. The topological polar surface area (TPSA) is 67.8 Å². The Hall–Kier alpha value is -3.22. The third-order valence-corrected chi connectivity index (χ3v) is 3.37. The van der Waals surface area contributed by atoms with Crippen molar-refractivity contribution in [1.29, 1.82) is 0 Å². The van der Waals surface area contributed by atoms with Crippen LogP contribution in [0.1, 0.15) is 22.0 Å². The zero-order valence-electron chi connectivity index (χ0n) is 13.5. The van der Waals surface area contributed by atoms with Gasteiger partial charge in [0.1, 0.15) is 11.6 Å². The van der Waals surface area contributed by atoms with E-state index < -0.39 is 17.5 Å². The second-order valence-electron chi connectivity index (χ2n) is 5.52. The Morgan fingerprint density at radius 2 is 1.68 bits per heavy atom. The number of aromatic nitrogens is 3. The average Bonchev–Trinajstić information content (AvgIpc) is 2.53. The van der Waals surface area contributed by atoms with Gasteiger partial charge in [0.2, 0.25) is 5.82 Å². The molecule has 3 rings (SSSR count). The van der Waals surface area contributed by atoms with E-state index in [9.17, 15) is 13.6 Å². The largest absolute Gasteiger partial charge is 0.319 e. The molecule has 0 saturated carbocycles. The summed E-state index contributed by atoms with van der Waals surface area (Å²) in [4.78, 5) is 24.7. The maximum absolute atomic E-state index is 13.4. The molecule has 0 atom stereocenters. The van der Waals surface area contributed by atoms with Gasteiger partial charge in [-0.05, 0) is 44.2 Å². The van der Waals surface area contributed by atoms with Crippen LogP contribution in [0.15, 0.2) is 42.6 Å². The van der Waals surface area contributed by atoms with Crippen molar-refractivity contribution < 1.29 is 13.6 Å². The summed E-state index contributed by atoms with van der Waals surface area (Å²) >= 11 is 0. The number of rotatable bonds is 3. The first kappa shape index (κ1) is 16.6. The summed E-state index contributed by atoms with van der Waals surface area (Å²) in [5.74, 6) is -2.05. The lowest BCUT2D eigenvalue weighted by atomic mass is 10.1. The van der Waals surface area contributed by atoms with Crippen LogP contribution in [0.4, 0.5) is 14.5 Å². The molecule has 0 aliphatic heterocycles. The Bertz CT molecular complexity index is 939. The molecule has 0 radical (unpaired) electrons. The van der Waals surface area contributed by atoms with E-state index in [1.165, 1.54) is 0 Å². The number of carbonyl (C=O) groups is 1. The first-order chi connectivity index (χ1) is 11.9. The molecule has 0 bridgehead atoms. The third kappa shape index (κ3) is 4.00. The summed E-state index contributed by atoms with van der Waals surface area (Å²) in [6.45, 7) is 3.48. The molecular weight excluding hydrogens is 326 g/mol. The molecule has 7 heteroatoms. The lowest BCUT2D eigenvalue weighted by Gasteiger charge is -2.08. The van der Waals surface area contributed by atoms with Crippen LogP contribution in [-0.4, -0.2) is 20.9 Å². The van der Waals surface area contributed by atoms with Gasteiger partial charge in [0.25, 0.3) is 5.91 Å². The molecule has 5 nitrogen and oxygen atoms in total. The summed E-state index contributed by atoms with van der Waals surface area (Å²) in [6.07, 6.45) is 1.57. The number of halogens is 2. The maximum atomic E-state index is 13.4. The van der Waals surface area contributed by atoms with Crippen molar-refractivity contribution in [1.82, 2.24) is 15.0 Å². The van der Waals surface area contributed by atoms with Gasteiger partial charge in [0, 0.05) is 34.9 Å². The zero-order chi connectivity index (χ0) is 18.0. The van der Waals surface area contributed by atoms with E-state index in [1.807, 2.05) is 0 Å². The van der Waals surface area contributed by atoms with Crippen molar-refractivity contribution >= 4 is 11.6 Å². The van der Waals surface area contributed by atoms with Crippen LogP contribution in [0, 0.1) is 25.5 Å². The fourth-order valence-corrected chi connectivity index (χ4v) is 2.33. The van der Waals surface area contributed by atoms with Crippen LogP contribution in [0.5, 0.6) is 0 Å². The average molecular weight is 340 g/mol. The SMILES string of the molecule is Cc1cc(NC(=O)c2nc(C)cc(-c3cc(F)cc(F)c3)n2)ccn1. The van der Waals surface area contributed by atoms with Crippen LogP contribution in [-0.2, 0) is 0 Å². The van der Waals surface area contributed by atoms with Crippen molar-refractivity contribution in [3.63, 3.8) is 0 Å². The van der Waals surface area contributed by atoms with E-state index in [-0.39, 0.29) is 17.1 Å². The first-order valence-corrected chi connectivity index (χ1v) is 7.47. The summed E-state index contributed by atoms with van der Waals surface area (Å²) < 4.78 is 26.9. The molecule has 0 unspecified atom stereocenters. The van der Waals surface area contributed by atoms with Crippen molar-refractivity contribution in [2.75, 3.05) is 5.32 Å². The number of pyridine rings is 1. The molecule has 25 heavy (non-hydrogen) atoms. The van der Waals surface area contributed by atoms with Gasteiger partial charge in [0.15, 0.2) is 0 Å². The van der Waals surface area contributed by atoms with Gasteiger partial charge >= 0.3 is 0 Å². The molecule has 0 fully saturated rings. The van der Waals surface area contributed by atoms with Gasteiger partial charge in [-0.2, -0.15) is 0 Å². The minimum Gasteiger partial charge on any atom is -0.319 e. The fourth-order valence-electron chi connectivity index (χ4n) is 2.33. The van der Waals surface area contributed by atoms with Crippen LogP contribution >= 0.6 is 0 Å². The van der Waals surface area contributed by atoms with Crippen LogP contribution in [0.25, 0.3) is 11.3 Å². The lowest BCUT2D eigenvalue weighted by molar-refractivity contribution is 0.101. The van der Waals surface area contributed by atoms with Gasteiger partial charge in [-0.3, -0.25) is 9.78 Å². The quantitative estimate of drug-likeness (QED) is 0.790. The van der Waals surface area contributed by atoms with Crippen LogP contribution < -0.4 is 5.32 Å². The number of nitrogens with one attached hydrogen (secondary N) is 1. The van der Waals surface area contributed by atoms with Gasteiger partial charge < -0.3 is 5.32 Å². The summed E-state index contributed by atoms with van der Waals surface area (Å²) in [5, 5.41) is 2.68. The zero-order valence-corrected chi connectivity index (χ0v) is 13.5. The third-order valence-electron chi connectivity index (χ3n) is 3.37. The standard InChI is InChI=1S/C18H14F2N4O/c1-10-5-15(3-4-21-10)23-18(25)17-22-11(2)6-16(24-17)12-7-13(19)9-14(20)8-12/h3-9H,1-2H3,(H,21,23,25). The minimum absolute atomic E-state index is 0.0888. The molecule has 1 amide bonds. The highest BCUT2D eigenvalue weighted by Gasteiger charge is 2.14. The number of carbonyl (C=O) groups excluding carboxylic acids is 1. The molecule has 1 aromatic carbocycles. The van der Waals surface area contributed by atoms with Crippen molar-refractivity contribution in [2.24, 2.45) is 0 Å². The maximum Gasteiger partial charge on any atom is 0.293 e. The van der Waals surface area contributed by atoms with E-state index in [0.717, 1.165) is 23.9 Å². The minimum atomic E-state index is -0.718. The highest BCUT2D eigenvalue weighted by molar-refractivity contribution is 6.01. The van der Waals surface area contributed by atoms with Crippen molar-refractivity contribution in [3.8, 4) is 11.3 Å². The molecule has 2 aromatic heterocycles. The van der Waals surface area contributed by atoms with Gasteiger partial charge in [0.05, 0.1) is 5.69 Å². The van der Waals surface area contributed by atoms with E-state index >= 15 is 0 Å². The number of hydrogen-bond donors (Lipinski definition) is 1. The number of amides is 1. The summed E-state index contributed by atoms with van der Waals surface area (Å²) in [5.41, 5.74) is 2.31. The first-order valence-electron chi connectivity index (χ1n) is 7.47. The smallest absolute Gasteiger partial charge is 0.293 e. The molecular formula is C18H14F2N4O. The summed E-state index contributed by atoms with van der Waals surface area (Å²) in [6, 6.07) is 7.98. The monoisotopic (exact) mass is 340 g/mol. The Balaban J connectivity index is 1.94. The van der Waals surface area contributed by atoms with Gasteiger partial charge in [-0.15, -0.1) is 0 Å². The molecule has 0 aliphatic rings. The molecule has 0 aliphatic carbocycles. The predicted octanol–water partition coefficient (Wildman–Crippen LogP) is 3.69. The van der Waals surface area contributed by atoms with Gasteiger partial charge in [-0.25, -0.2) is 18.7 Å². The Morgan fingerprint density at radius 1 is 0.960 bits per heavy atom. The highest BCUT2D eigenvalue weighted by Crippen LogP contribution is 2.21. The second kappa shape index (κ2) is 6.72. The van der Waals surface area contributed by atoms with E-state index in [4.69, 9.17) is 0 Å².